The zero-order valence-electron chi connectivity index (χ0n) is 22.1. The Hall–Kier alpha value is -3.18. The molecular weight excluding hydrogens is 448 g/mol. The fraction of sp³-hybridized carbons (Fsp3) is 0.419. The van der Waals surface area contributed by atoms with E-state index in [1.165, 1.54) is 23.1 Å². The molecule has 0 saturated heterocycles. The van der Waals surface area contributed by atoms with Gasteiger partial charge in [0.1, 0.15) is 5.75 Å². The molecule has 3 aromatic rings. The standard InChI is InChI=1S/C31H40N2O3/c1-20(2)19-33-16-15-21-9-11-22(12-10-21)17-26-30(32)25(18-28(35-3)31(26)36-4)29-24-8-6-5-7-23(24)13-14-27(29)34/h9-14,18,20,33-34H,5-8,15-17,19,32H2,1-4H3. The minimum atomic E-state index is 0.260. The minimum absolute atomic E-state index is 0.260. The highest BCUT2D eigenvalue weighted by molar-refractivity contribution is 5.88. The summed E-state index contributed by atoms with van der Waals surface area (Å²) in [5, 5.41) is 14.4. The molecular formula is C31H40N2O3. The van der Waals surface area contributed by atoms with Gasteiger partial charge in [0.2, 0.25) is 0 Å². The lowest BCUT2D eigenvalue weighted by Gasteiger charge is -2.24. The highest BCUT2D eigenvalue weighted by Crippen LogP contribution is 2.47. The average molecular weight is 489 g/mol. The lowest BCUT2D eigenvalue weighted by Crippen LogP contribution is -2.22. The van der Waals surface area contributed by atoms with Crippen LogP contribution in [-0.4, -0.2) is 32.4 Å². The molecule has 192 valence electrons. The summed E-state index contributed by atoms with van der Waals surface area (Å²) in [7, 11) is 3.29. The maximum Gasteiger partial charge on any atom is 0.166 e. The Bertz CT molecular complexity index is 1190. The lowest BCUT2D eigenvalue weighted by atomic mass is 9.84. The molecule has 4 N–H and O–H groups in total. The number of rotatable bonds is 10. The van der Waals surface area contributed by atoms with Gasteiger partial charge in [-0.1, -0.05) is 44.2 Å². The normalized spacial score (nSPS) is 13.0. The number of hydrogen-bond donors (Lipinski definition) is 3. The van der Waals surface area contributed by atoms with Crippen LogP contribution < -0.4 is 20.5 Å². The average Bonchev–Trinajstić information content (AvgIpc) is 2.88. The number of phenols is 1. The molecule has 36 heavy (non-hydrogen) atoms. The van der Waals surface area contributed by atoms with Gasteiger partial charge in [0.05, 0.1) is 14.2 Å². The Morgan fingerprint density at radius 3 is 2.39 bits per heavy atom. The zero-order valence-corrected chi connectivity index (χ0v) is 22.1. The number of methoxy groups -OCH3 is 2. The number of aryl methyl sites for hydroxylation is 1. The van der Waals surface area contributed by atoms with Gasteiger partial charge in [-0.3, -0.25) is 0 Å². The molecule has 0 heterocycles. The van der Waals surface area contributed by atoms with Crippen LogP contribution in [0.1, 0.15) is 54.5 Å². The van der Waals surface area contributed by atoms with Crippen molar-refractivity contribution in [3.8, 4) is 28.4 Å². The molecule has 1 aliphatic rings. The van der Waals surface area contributed by atoms with E-state index in [-0.39, 0.29) is 5.75 Å². The van der Waals surface area contributed by atoms with Crippen LogP contribution in [0.5, 0.6) is 17.2 Å². The molecule has 0 aromatic heterocycles. The third-order valence-electron chi connectivity index (χ3n) is 7.14. The largest absolute Gasteiger partial charge is 0.507 e. The number of phenolic OH excluding ortho intramolecular Hbond substituents is 1. The van der Waals surface area contributed by atoms with E-state index >= 15 is 0 Å². The predicted octanol–water partition coefficient (Wildman–Crippen LogP) is 5.92. The van der Waals surface area contributed by atoms with Gasteiger partial charge in [-0.15, -0.1) is 0 Å². The number of nitrogens with one attached hydrogen (secondary N) is 1. The summed E-state index contributed by atoms with van der Waals surface area (Å²) in [5.74, 6) is 2.18. The van der Waals surface area contributed by atoms with Crippen molar-refractivity contribution in [2.75, 3.05) is 33.0 Å². The molecule has 0 spiro atoms. The van der Waals surface area contributed by atoms with E-state index < -0.39 is 0 Å². The van der Waals surface area contributed by atoms with Gasteiger partial charge < -0.3 is 25.6 Å². The predicted molar refractivity (Wildman–Crippen MR) is 148 cm³/mol. The molecule has 0 amide bonds. The molecule has 5 nitrogen and oxygen atoms in total. The molecule has 0 fully saturated rings. The molecule has 5 heteroatoms. The van der Waals surface area contributed by atoms with E-state index in [1.54, 1.807) is 20.3 Å². The van der Waals surface area contributed by atoms with E-state index in [1.807, 2.05) is 12.1 Å². The third-order valence-corrected chi connectivity index (χ3v) is 7.14. The maximum absolute atomic E-state index is 10.9. The van der Waals surface area contributed by atoms with E-state index in [0.29, 0.717) is 29.5 Å². The molecule has 4 rings (SSSR count). The summed E-state index contributed by atoms with van der Waals surface area (Å²) in [4.78, 5) is 0. The van der Waals surface area contributed by atoms with Crippen LogP contribution in [0.15, 0.2) is 42.5 Å². The lowest BCUT2D eigenvalue weighted by molar-refractivity contribution is 0.352. The number of nitrogen functional groups attached to an aromatic ring is 1. The van der Waals surface area contributed by atoms with Crippen molar-refractivity contribution in [1.82, 2.24) is 5.32 Å². The maximum atomic E-state index is 10.9. The first kappa shape index (κ1) is 25.9. The fourth-order valence-electron chi connectivity index (χ4n) is 5.23. The first-order valence-corrected chi connectivity index (χ1v) is 13.1. The third kappa shape index (κ3) is 5.62. The smallest absolute Gasteiger partial charge is 0.166 e. The van der Waals surface area contributed by atoms with Crippen LogP contribution in [0, 0.1) is 5.92 Å². The second-order valence-corrected chi connectivity index (χ2v) is 10.2. The SMILES string of the molecule is COc1cc(-c2c(O)ccc3c2CCCC3)c(N)c(Cc2ccc(CCNCC(C)C)cc2)c1OC. The number of fused-ring (bicyclic) bond motifs is 1. The van der Waals surface area contributed by atoms with Crippen molar-refractivity contribution in [3.63, 3.8) is 0 Å². The number of aromatic hydroxyl groups is 1. The number of anilines is 1. The van der Waals surface area contributed by atoms with Crippen molar-refractivity contribution in [2.24, 2.45) is 5.92 Å². The first-order valence-electron chi connectivity index (χ1n) is 13.1. The number of hydrogen-bond acceptors (Lipinski definition) is 5. The van der Waals surface area contributed by atoms with Gasteiger partial charge in [-0.2, -0.15) is 0 Å². The second-order valence-electron chi connectivity index (χ2n) is 10.2. The Labute approximate surface area is 215 Å². The Morgan fingerprint density at radius 2 is 1.69 bits per heavy atom. The topological polar surface area (TPSA) is 76.7 Å². The molecule has 3 aromatic carbocycles. The summed E-state index contributed by atoms with van der Waals surface area (Å²) in [6.07, 6.45) is 5.87. The Morgan fingerprint density at radius 1 is 0.972 bits per heavy atom. The summed E-state index contributed by atoms with van der Waals surface area (Å²) >= 11 is 0. The second kappa shape index (κ2) is 11.7. The van der Waals surface area contributed by atoms with E-state index in [0.717, 1.165) is 61.0 Å². The number of nitrogens with two attached hydrogens (primary N) is 1. The number of ether oxygens (including phenoxy) is 2. The quantitative estimate of drug-likeness (QED) is 0.244. The van der Waals surface area contributed by atoms with Gasteiger partial charge in [0, 0.05) is 28.8 Å². The summed E-state index contributed by atoms with van der Waals surface area (Å²) < 4.78 is 11.5. The highest BCUT2D eigenvalue weighted by atomic mass is 16.5. The molecule has 1 aliphatic carbocycles. The molecule has 0 bridgehead atoms. The first-order chi connectivity index (χ1) is 17.4. The van der Waals surface area contributed by atoms with Gasteiger partial charge >= 0.3 is 0 Å². The van der Waals surface area contributed by atoms with Gasteiger partial charge in [-0.25, -0.2) is 0 Å². The van der Waals surface area contributed by atoms with Crippen molar-refractivity contribution in [2.45, 2.75) is 52.4 Å². The van der Waals surface area contributed by atoms with Crippen molar-refractivity contribution in [3.05, 3.63) is 70.3 Å². The Kier molecular flexibility index (Phi) is 8.42. The Balaban J connectivity index is 1.68. The fourth-order valence-corrected chi connectivity index (χ4v) is 5.23. The van der Waals surface area contributed by atoms with E-state index in [2.05, 4.69) is 43.4 Å². The van der Waals surface area contributed by atoms with Gasteiger partial charge in [-0.05, 0) is 85.5 Å². The van der Waals surface area contributed by atoms with Crippen LogP contribution in [0.25, 0.3) is 11.1 Å². The van der Waals surface area contributed by atoms with Crippen LogP contribution in [0.4, 0.5) is 5.69 Å². The summed E-state index contributed by atoms with van der Waals surface area (Å²) in [5.41, 5.74) is 14.9. The van der Waals surface area contributed by atoms with Gasteiger partial charge in [0.25, 0.3) is 0 Å². The van der Waals surface area contributed by atoms with Gasteiger partial charge in [0.15, 0.2) is 11.5 Å². The van der Waals surface area contributed by atoms with E-state index in [4.69, 9.17) is 15.2 Å². The number of benzene rings is 3. The minimum Gasteiger partial charge on any atom is -0.507 e. The molecule has 0 atom stereocenters. The van der Waals surface area contributed by atoms with E-state index in [9.17, 15) is 5.11 Å². The monoisotopic (exact) mass is 488 g/mol. The summed E-state index contributed by atoms with van der Waals surface area (Å²) in [6, 6.07) is 14.5. The van der Waals surface area contributed by atoms with Crippen molar-refractivity contribution >= 4 is 5.69 Å². The van der Waals surface area contributed by atoms with Crippen molar-refractivity contribution < 1.29 is 14.6 Å². The van der Waals surface area contributed by atoms with Crippen LogP contribution in [0.2, 0.25) is 0 Å². The molecule has 0 aliphatic heterocycles. The molecule has 0 unspecified atom stereocenters. The molecule has 0 saturated carbocycles. The van der Waals surface area contributed by atoms with Crippen LogP contribution in [-0.2, 0) is 25.7 Å². The highest BCUT2D eigenvalue weighted by Gasteiger charge is 2.24. The van der Waals surface area contributed by atoms with Crippen LogP contribution in [0.3, 0.4) is 0 Å². The zero-order chi connectivity index (χ0) is 25.7. The molecule has 0 radical (unpaired) electrons. The van der Waals surface area contributed by atoms with Crippen molar-refractivity contribution in [1.29, 1.82) is 0 Å². The van der Waals surface area contributed by atoms with Crippen LogP contribution >= 0.6 is 0 Å². The summed E-state index contributed by atoms with van der Waals surface area (Å²) in [6.45, 7) is 6.46.